The second-order valence-corrected chi connectivity index (χ2v) is 5.65. The first-order valence-corrected chi connectivity index (χ1v) is 7.89. The van der Waals surface area contributed by atoms with Gasteiger partial charge in [-0.15, -0.1) is 0 Å². The molecule has 2 N–H and O–H groups in total. The molecule has 1 heterocycles. The Morgan fingerprint density at radius 3 is 2.70 bits per heavy atom. The molecule has 2 aromatic rings. The molecule has 1 unspecified atom stereocenters. The van der Waals surface area contributed by atoms with E-state index in [0.717, 1.165) is 18.4 Å². The van der Waals surface area contributed by atoms with Crippen LogP contribution in [-0.2, 0) is 6.42 Å². The number of hydrogen-bond donors (Lipinski definition) is 1. The lowest BCUT2D eigenvalue weighted by Crippen LogP contribution is -2.22. The van der Waals surface area contributed by atoms with Gasteiger partial charge in [-0.05, 0) is 30.5 Å². The fourth-order valence-electron chi connectivity index (χ4n) is 2.73. The molecule has 0 radical (unpaired) electrons. The van der Waals surface area contributed by atoms with E-state index in [9.17, 15) is 0 Å². The number of unbranched alkanes of at least 4 members (excludes halogenated alkanes) is 4. The van der Waals surface area contributed by atoms with Crippen LogP contribution in [0.3, 0.4) is 0 Å². The smallest absolute Gasteiger partial charge is 0.0704 e. The van der Waals surface area contributed by atoms with Gasteiger partial charge in [0.1, 0.15) is 0 Å². The monoisotopic (exact) mass is 270 g/mol. The predicted molar refractivity (Wildman–Crippen MR) is 86.8 cm³/mol. The van der Waals surface area contributed by atoms with Crippen LogP contribution in [-0.4, -0.2) is 11.0 Å². The van der Waals surface area contributed by atoms with Gasteiger partial charge in [-0.2, -0.15) is 0 Å². The van der Waals surface area contributed by atoms with Gasteiger partial charge in [0.25, 0.3) is 0 Å². The summed E-state index contributed by atoms with van der Waals surface area (Å²) in [5, 5.41) is 1.25. The molecule has 2 nitrogen and oxygen atoms in total. The van der Waals surface area contributed by atoms with Crippen molar-refractivity contribution in [1.82, 2.24) is 4.98 Å². The van der Waals surface area contributed by atoms with Gasteiger partial charge >= 0.3 is 0 Å². The highest BCUT2D eigenvalue weighted by Gasteiger charge is 2.07. The Morgan fingerprint density at radius 1 is 1.05 bits per heavy atom. The van der Waals surface area contributed by atoms with E-state index in [1.54, 1.807) is 0 Å². The maximum Gasteiger partial charge on any atom is 0.0704 e. The number of pyridine rings is 1. The Hall–Kier alpha value is -1.41. The summed E-state index contributed by atoms with van der Waals surface area (Å²) < 4.78 is 0. The molecule has 108 valence electrons. The molecular formula is C18H26N2. The Labute approximate surface area is 122 Å². The van der Waals surface area contributed by atoms with Crippen LogP contribution in [0.1, 0.15) is 51.0 Å². The molecule has 0 spiro atoms. The molecule has 0 amide bonds. The summed E-state index contributed by atoms with van der Waals surface area (Å²) >= 11 is 0. The van der Waals surface area contributed by atoms with Crippen LogP contribution in [0.5, 0.6) is 0 Å². The van der Waals surface area contributed by atoms with Gasteiger partial charge in [-0.25, -0.2) is 0 Å². The Morgan fingerprint density at radius 2 is 1.85 bits per heavy atom. The molecule has 0 aliphatic carbocycles. The number of hydrogen-bond acceptors (Lipinski definition) is 2. The van der Waals surface area contributed by atoms with Gasteiger partial charge in [0.05, 0.1) is 5.52 Å². The molecule has 0 aliphatic heterocycles. The number of para-hydroxylation sites is 1. The average Bonchev–Trinajstić information content (AvgIpc) is 2.47. The van der Waals surface area contributed by atoms with E-state index < -0.39 is 0 Å². The number of rotatable bonds is 8. The van der Waals surface area contributed by atoms with Crippen LogP contribution >= 0.6 is 0 Å². The first-order chi connectivity index (χ1) is 9.81. The van der Waals surface area contributed by atoms with Crippen molar-refractivity contribution >= 4 is 10.9 Å². The molecule has 2 heteroatoms. The Bertz CT molecular complexity index is 516. The van der Waals surface area contributed by atoms with Gasteiger partial charge in [-0.3, -0.25) is 4.98 Å². The predicted octanol–water partition coefficient (Wildman–Crippen LogP) is 4.47. The van der Waals surface area contributed by atoms with E-state index in [0.29, 0.717) is 0 Å². The van der Waals surface area contributed by atoms with Crippen molar-refractivity contribution in [3.05, 3.63) is 42.1 Å². The van der Waals surface area contributed by atoms with Gasteiger partial charge in [-0.1, -0.05) is 57.2 Å². The zero-order valence-corrected chi connectivity index (χ0v) is 12.5. The third-order valence-corrected chi connectivity index (χ3v) is 3.90. The fourth-order valence-corrected chi connectivity index (χ4v) is 2.73. The molecule has 20 heavy (non-hydrogen) atoms. The summed E-state index contributed by atoms with van der Waals surface area (Å²) in [4.78, 5) is 4.40. The normalized spacial score (nSPS) is 12.7. The first kappa shape index (κ1) is 15.0. The second-order valence-electron chi connectivity index (χ2n) is 5.65. The quantitative estimate of drug-likeness (QED) is 0.719. The molecule has 0 aliphatic rings. The molecule has 1 aromatic heterocycles. The van der Waals surface area contributed by atoms with E-state index in [1.807, 2.05) is 12.3 Å². The van der Waals surface area contributed by atoms with E-state index in [4.69, 9.17) is 5.73 Å². The summed E-state index contributed by atoms with van der Waals surface area (Å²) in [6.45, 7) is 2.25. The van der Waals surface area contributed by atoms with Crippen LogP contribution in [0, 0.1) is 0 Å². The van der Waals surface area contributed by atoms with Crippen LogP contribution in [0.2, 0.25) is 0 Å². The van der Waals surface area contributed by atoms with Crippen molar-refractivity contribution in [3.63, 3.8) is 0 Å². The highest BCUT2D eigenvalue weighted by atomic mass is 14.7. The standard InChI is InChI=1S/C18H26N2/c1-2-3-4-5-6-9-16(19)14-15-12-13-20-18-11-8-7-10-17(15)18/h7-8,10-13,16H,2-6,9,14,19H2,1H3. The minimum absolute atomic E-state index is 0.266. The maximum atomic E-state index is 6.29. The van der Waals surface area contributed by atoms with Crippen molar-refractivity contribution in [2.45, 2.75) is 57.9 Å². The third-order valence-electron chi connectivity index (χ3n) is 3.90. The lowest BCUT2D eigenvalue weighted by Gasteiger charge is -2.13. The lowest BCUT2D eigenvalue weighted by molar-refractivity contribution is 0.539. The summed E-state index contributed by atoms with van der Waals surface area (Å²) in [6.07, 6.45) is 10.5. The molecule has 2 rings (SSSR count). The number of nitrogens with two attached hydrogens (primary N) is 1. The number of benzene rings is 1. The Balaban J connectivity index is 1.88. The molecule has 0 bridgehead atoms. The SMILES string of the molecule is CCCCCCCC(N)Cc1ccnc2ccccc12. The molecule has 0 saturated carbocycles. The van der Waals surface area contributed by atoms with E-state index >= 15 is 0 Å². The lowest BCUT2D eigenvalue weighted by atomic mass is 9.98. The largest absolute Gasteiger partial charge is 0.327 e. The molecular weight excluding hydrogens is 244 g/mol. The first-order valence-electron chi connectivity index (χ1n) is 7.89. The minimum Gasteiger partial charge on any atom is -0.327 e. The van der Waals surface area contributed by atoms with Crippen molar-refractivity contribution in [1.29, 1.82) is 0 Å². The number of nitrogens with zero attached hydrogens (tertiary/aromatic N) is 1. The van der Waals surface area contributed by atoms with Gasteiger partial charge in [0, 0.05) is 17.6 Å². The highest BCUT2D eigenvalue weighted by Crippen LogP contribution is 2.18. The molecule has 1 aromatic carbocycles. The Kier molecular flexibility index (Phi) is 6.00. The van der Waals surface area contributed by atoms with E-state index in [-0.39, 0.29) is 6.04 Å². The molecule has 0 saturated heterocycles. The summed E-state index contributed by atoms with van der Waals surface area (Å²) in [7, 11) is 0. The van der Waals surface area contributed by atoms with Crippen molar-refractivity contribution in [2.75, 3.05) is 0 Å². The highest BCUT2D eigenvalue weighted by molar-refractivity contribution is 5.81. The van der Waals surface area contributed by atoms with Crippen LogP contribution in [0.15, 0.2) is 36.5 Å². The van der Waals surface area contributed by atoms with Gasteiger partial charge in [0.2, 0.25) is 0 Å². The van der Waals surface area contributed by atoms with E-state index in [2.05, 4.69) is 36.2 Å². The van der Waals surface area contributed by atoms with Gasteiger partial charge < -0.3 is 5.73 Å². The van der Waals surface area contributed by atoms with Crippen molar-refractivity contribution in [3.8, 4) is 0 Å². The zero-order chi connectivity index (χ0) is 14.2. The van der Waals surface area contributed by atoms with Crippen molar-refractivity contribution < 1.29 is 0 Å². The van der Waals surface area contributed by atoms with Crippen LogP contribution in [0.25, 0.3) is 10.9 Å². The maximum absolute atomic E-state index is 6.29. The van der Waals surface area contributed by atoms with Crippen LogP contribution in [0.4, 0.5) is 0 Å². The summed E-state index contributed by atoms with van der Waals surface area (Å²) in [5.74, 6) is 0. The number of aromatic nitrogens is 1. The van der Waals surface area contributed by atoms with Crippen LogP contribution < -0.4 is 5.73 Å². The van der Waals surface area contributed by atoms with Crippen molar-refractivity contribution in [2.24, 2.45) is 5.73 Å². The fraction of sp³-hybridized carbons (Fsp3) is 0.500. The average molecular weight is 270 g/mol. The van der Waals surface area contributed by atoms with Gasteiger partial charge in [0.15, 0.2) is 0 Å². The third kappa shape index (κ3) is 4.31. The summed E-state index contributed by atoms with van der Waals surface area (Å²) in [6, 6.07) is 10.7. The zero-order valence-electron chi connectivity index (χ0n) is 12.5. The topological polar surface area (TPSA) is 38.9 Å². The summed E-state index contributed by atoms with van der Waals surface area (Å²) in [5.41, 5.74) is 8.69. The second kappa shape index (κ2) is 8.01. The molecule has 0 fully saturated rings. The number of fused-ring (bicyclic) bond motifs is 1. The minimum atomic E-state index is 0.266. The molecule has 1 atom stereocenters. The van der Waals surface area contributed by atoms with E-state index in [1.165, 1.54) is 43.1 Å².